The van der Waals surface area contributed by atoms with E-state index in [2.05, 4.69) is 5.10 Å². The molecule has 1 atom stereocenters. The highest BCUT2D eigenvalue weighted by molar-refractivity contribution is 7.20. The number of benzene rings is 1. The van der Waals surface area contributed by atoms with Gasteiger partial charge in [-0.2, -0.15) is 5.10 Å². The molecule has 1 aliphatic rings. The van der Waals surface area contributed by atoms with Gasteiger partial charge in [0.15, 0.2) is 0 Å². The molecular weight excluding hydrogens is 326 g/mol. The number of hydrogen-bond acceptors (Lipinski definition) is 4. The molecule has 0 aliphatic carbocycles. The van der Waals surface area contributed by atoms with Crippen LogP contribution in [-0.2, 0) is 11.8 Å². The molecule has 0 fully saturated rings. The molecule has 1 aromatic carbocycles. The van der Waals surface area contributed by atoms with E-state index < -0.39 is 11.9 Å². The largest absolute Gasteiger partial charge is 0.481 e. The lowest BCUT2D eigenvalue weighted by molar-refractivity contribution is -0.138. The van der Waals surface area contributed by atoms with Crippen LogP contribution in [0, 0.1) is 6.92 Å². The summed E-state index contributed by atoms with van der Waals surface area (Å²) >= 11 is 1.39. The number of fused-ring (bicyclic) bond motifs is 2. The van der Waals surface area contributed by atoms with Crippen molar-refractivity contribution >= 4 is 39.1 Å². The first kappa shape index (κ1) is 14.9. The predicted molar refractivity (Wildman–Crippen MR) is 91.8 cm³/mol. The van der Waals surface area contributed by atoms with E-state index in [9.17, 15) is 14.7 Å². The van der Waals surface area contributed by atoms with Crippen LogP contribution in [0.15, 0.2) is 30.3 Å². The van der Waals surface area contributed by atoms with Gasteiger partial charge in [-0.15, -0.1) is 11.3 Å². The summed E-state index contributed by atoms with van der Waals surface area (Å²) in [6.07, 6.45) is 0. The van der Waals surface area contributed by atoms with Crippen molar-refractivity contribution in [3.05, 3.63) is 46.5 Å². The fourth-order valence-corrected chi connectivity index (χ4v) is 4.33. The van der Waals surface area contributed by atoms with Gasteiger partial charge in [0.1, 0.15) is 10.7 Å². The number of para-hydroxylation sites is 1. The third kappa shape index (κ3) is 2.05. The monoisotopic (exact) mass is 341 g/mol. The SMILES string of the molecule is Cc1nn(C)c2sc(C(=O)N3C[C@@H](C(=O)O)c4ccccc43)cc12. The smallest absolute Gasteiger partial charge is 0.312 e. The molecule has 1 N–H and O–H groups in total. The molecule has 1 amide bonds. The van der Waals surface area contributed by atoms with Crippen molar-refractivity contribution in [3.8, 4) is 0 Å². The van der Waals surface area contributed by atoms with Gasteiger partial charge in [-0.25, -0.2) is 0 Å². The second-order valence-electron chi connectivity index (χ2n) is 5.90. The predicted octanol–water partition coefficient (Wildman–Crippen LogP) is 2.77. The van der Waals surface area contributed by atoms with Crippen LogP contribution in [0.25, 0.3) is 10.2 Å². The van der Waals surface area contributed by atoms with Crippen molar-refractivity contribution in [2.75, 3.05) is 11.4 Å². The fraction of sp³-hybridized carbons (Fsp3) is 0.235. The van der Waals surface area contributed by atoms with Gasteiger partial charge in [0.2, 0.25) is 0 Å². The fourth-order valence-electron chi connectivity index (χ4n) is 3.25. The second-order valence-corrected chi connectivity index (χ2v) is 6.93. The van der Waals surface area contributed by atoms with Crippen molar-refractivity contribution in [2.24, 2.45) is 7.05 Å². The Bertz CT molecular complexity index is 954. The zero-order chi connectivity index (χ0) is 17.0. The molecule has 0 bridgehead atoms. The van der Waals surface area contributed by atoms with Crippen LogP contribution in [0.2, 0.25) is 0 Å². The molecule has 0 radical (unpaired) electrons. The first-order valence-electron chi connectivity index (χ1n) is 7.54. The highest BCUT2D eigenvalue weighted by Gasteiger charge is 2.37. The summed E-state index contributed by atoms with van der Waals surface area (Å²) in [5.41, 5.74) is 2.26. The van der Waals surface area contributed by atoms with E-state index in [1.165, 1.54) is 11.3 Å². The Kier molecular flexibility index (Phi) is 3.21. The average Bonchev–Trinajstić information content (AvgIpc) is 3.22. The molecule has 3 aromatic rings. The van der Waals surface area contributed by atoms with Crippen LogP contribution in [0.3, 0.4) is 0 Å². The Labute approximate surface area is 141 Å². The lowest BCUT2D eigenvalue weighted by Gasteiger charge is -2.16. The van der Waals surface area contributed by atoms with E-state index in [0.717, 1.165) is 15.9 Å². The number of carboxylic acid groups (broad SMARTS) is 1. The van der Waals surface area contributed by atoms with Crippen molar-refractivity contribution in [1.29, 1.82) is 0 Å². The number of amides is 1. The molecule has 6 nitrogen and oxygen atoms in total. The summed E-state index contributed by atoms with van der Waals surface area (Å²) < 4.78 is 1.77. The average molecular weight is 341 g/mol. The van der Waals surface area contributed by atoms with E-state index in [4.69, 9.17) is 0 Å². The Morgan fingerprint density at radius 3 is 2.79 bits per heavy atom. The molecule has 0 spiro atoms. The summed E-state index contributed by atoms with van der Waals surface area (Å²) in [6, 6.07) is 9.05. The first-order valence-corrected chi connectivity index (χ1v) is 8.35. The maximum Gasteiger partial charge on any atom is 0.312 e. The van der Waals surface area contributed by atoms with Crippen LogP contribution in [0.1, 0.15) is 26.8 Å². The zero-order valence-electron chi connectivity index (χ0n) is 13.2. The lowest BCUT2D eigenvalue weighted by atomic mass is 10.0. The number of rotatable bonds is 2. The molecule has 3 heterocycles. The molecule has 7 heteroatoms. The second kappa shape index (κ2) is 5.17. The number of hydrogen-bond donors (Lipinski definition) is 1. The number of carbonyl (C=O) groups is 2. The van der Waals surface area contributed by atoms with Crippen LogP contribution in [-0.4, -0.2) is 33.3 Å². The molecule has 24 heavy (non-hydrogen) atoms. The molecule has 1 aliphatic heterocycles. The minimum absolute atomic E-state index is 0.160. The number of nitrogens with zero attached hydrogens (tertiary/aromatic N) is 3. The first-order chi connectivity index (χ1) is 11.5. The van der Waals surface area contributed by atoms with E-state index in [1.807, 2.05) is 26.1 Å². The number of aliphatic carboxylic acids is 1. The summed E-state index contributed by atoms with van der Waals surface area (Å²) in [4.78, 5) is 27.6. The van der Waals surface area contributed by atoms with Crippen molar-refractivity contribution in [1.82, 2.24) is 9.78 Å². The van der Waals surface area contributed by atoms with Crippen LogP contribution in [0.4, 0.5) is 5.69 Å². The normalized spacial score (nSPS) is 16.6. The Morgan fingerprint density at radius 2 is 2.08 bits per heavy atom. The van der Waals surface area contributed by atoms with Crippen molar-refractivity contribution < 1.29 is 14.7 Å². The van der Waals surface area contributed by atoms with Gasteiger partial charge in [-0.05, 0) is 24.6 Å². The third-order valence-corrected chi connectivity index (χ3v) is 5.61. The summed E-state index contributed by atoms with van der Waals surface area (Å²) in [5, 5.41) is 14.7. The number of aryl methyl sites for hydroxylation is 2. The molecule has 4 rings (SSSR count). The minimum atomic E-state index is -0.908. The van der Waals surface area contributed by atoms with Crippen molar-refractivity contribution in [3.63, 3.8) is 0 Å². The van der Waals surface area contributed by atoms with Gasteiger partial charge >= 0.3 is 5.97 Å². The van der Waals surface area contributed by atoms with Crippen molar-refractivity contribution in [2.45, 2.75) is 12.8 Å². The zero-order valence-corrected chi connectivity index (χ0v) is 14.0. The summed E-state index contributed by atoms with van der Waals surface area (Å²) in [5.74, 6) is -1.75. The van der Waals surface area contributed by atoms with Crippen LogP contribution < -0.4 is 4.90 Å². The standard InChI is InChI=1S/C17H15N3O3S/c1-9-11-7-14(24-16(11)19(2)18-9)15(21)20-8-12(17(22)23)10-5-3-4-6-13(10)20/h3-7,12H,8H2,1-2H3,(H,22,23)/t12-/m1/s1. The molecular formula is C17H15N3O3S. The van der Waals surface area contributed by atoms with Gasteiger partial charge < -0.3 is 10.0 Å². The van der Waals surface area contributed by atoms with Crippen LogP contribution in [0.5, 0.6) is 0 Å². The molecule has 0 saturated heterocycles. The lowest BCUT2D eigenvalue weighted by Crippen LogP contribution is -2.30. The number of anilines is 1. The van der Waals surface area contributed by atoms with Gasteiger partial charge in [0, 0.05) is 24.7 Å². The van der Waals surface area contributed by atoms with Gasteiger partial charge in [0.25, 0.3) is 5.91 Å². The topological polar surface area (TPSA) is 75.4 Å². The van der Waals surface area contributed by atoms with E-state index >= 15 is 0 Å². The number of thiophene rings is 1. The minimum Gasteiger partial charge on any atom is -0.481 e. The maximum atomic E-state index is 13.0. The highest BCUT2D eigenvalue weighted by Crippen LogP contribution is 2.38. The Balaban J connectivity index is 1.76. The quantitative estimate of drug-likeness (QED) is 0.778. The van der Waals surface area contributed by atoms with E-state index in [1.54, 1.807) is 27.8 Å². The number of carboxylic acids is 1. The molecule has 0 saturated carbocycles. The molecule has 122 valence electrons. The van der Waals surface area contributed by atoms with E-state index in [0.29, 0.717) is 16.1 Å². The Morgan fingerprint density at radius 1 is 1.33 bits per heavy atom. The number of aromatic nitrogens is 2. The van der Waals surface area contributed by atoms with Gasteiger partial charge in [-0.3, -0.25) is 14.3 Å². The highest BCUT2D eigenvalue weighted by atomic mass is 32.1. The van der Waals surface area contributed by atoms with Gasteiger partial charge in [-0.1, -0.05) is 18.2 Å². The number of carbonyl (C=O) groups excluding carboxylic acids is 1. The summed E-state index contributed by atoms with van der Waals surface area (Å²) in [6.45, 7) is 2.08. The van der Waals surface area contributed by atoms with Gasteiger partial charge in [0.05, 0.1) is 10.6 Å². The van der Waals surface area contributed by atoms with E-state index in [-0.39, 0.29) is 12.5 Å². The molecule has 0 unspecified atom stereocenters. The van der Waals surface area contributed by atoms with Crippen LogP contribution >= 0.6 is 11.3 Å². The Hall–Kier alpha value is -2.67. The third-order valence-electron chi connectivity index (χ3n) is 4.42. The summed E-state index contributed by atoms with van der Waals surface area (Å²) in [7, 11) is 1.85. The maximum absolute atomic E-state index is 13.0. The molecule has 2 aromatic heterocycles.